The van der Waals surface area contributed by atoms with Gasteiger partial charge in [-0.2, -0.15) is 4.31 Å². The Kier molecular flexibility index (Phi) is 6.59. The van der Waals surface area contributed by atoms with Gasteiger partial charge in [0.1, 0.15) is 5.82 Å². The Morgan fingerprint density at radius 1 is 1.40 bits per heavy atom. The van der Waals surface area contributed by atoms with Crippen molar-refractivity contribution in [3.05, 3.63) is 48.0 Å². The van der Waals surface area contributed by atoms with Gasteiger partial charge in [0.15, 0.2) is 0 Å². The Bertz CT molecular complexity index is 809. The number of nitrogens with zero attached hydrogens (tertiary/aromatic N) is 3. The zero-order valence-electron chi connectivity index (χ0n) is 14.3. The van der Waals surface area contributed by atoms with Crippen LogP contribution in [0.15, 0.2) is 41.6 Å². The van der Waals surface area contributed by atoms with Gasteiger partial charge in [0.2, 0.25) is 10.0 Å². The van der Waals surface area contributed by atoms with Crippen LogP contribution in [0.2, 0.25) is 0 Å². The van der Waals surface area contributed by atoms with E-state index in [4.69, 9.17) is 4.74 Å². The number of nitrogens with one attached hydrogen (secondary N) is 1. The van der Waals surface area contributed by atoms with E-state index in [0.29, 0.717) is 26.2 Å². The zero-order chi connectivity index (χ0) is 17.2. The highest BCUT2D eigenvalue weighted by atomic mass is 35.5. The lowest BCUT2D eigenvalue weighted by atomic mass is 10.2. The normalized spacial score (nSPS) is 18.7. The molecule has 2 heterocycles. The highest BCUT2D eigenvalue weighted by Crippen LogP contribution is 2.28. The Balaban J connectivity index is 0.00000225. The summed E-state index contributed by atoms with van der Waals surface area (Å²) in [6.07, 6.45) is 3.52. The van der Waals surface area contributed by atoms with Crippen molar-refractivity contribution < 1.29 is 13.2 Å². The molecule has 0 amide bonds. The summed E-state index contributed by atoms with van der Waals surface area (Å²) in [5.74, 6) is 0.735. The van der Waals surface area contributed by atoms with Crippen LogP contribution in [-0.4, -0.2) is 49.0 Å². The smallest absolute Gasteiger partial charge is 0.243 e. The first-order valence-corrected chi connectivity index (χ1v) is 9.25. The van der Waals surface area contributed by atoms with Gasteiger partial charge in [-0.3, -0.25) is 0 Å². The molecule has 138 valence electrons. The van der Waals surface area contributed by atoms with Crippen LogP contribution in [0.1, 0.15) is 17.4 Å². The van der Waals surface area contributed by atoms with E-state index in [1.165, 1.54) is 4.31 Å². The van der Waals surface area contributed by atoms with Gasteiger partial charge >= 0.3 is 0 Å². The van der Waals surface area contributed by atoms with Crippen LogP contribution in [0, 0.1) is 0 Å². The number of sulfonamides is 1. The number of imidazole rings is 1. The van der Waals surface area contributed by atoms with Crippen LogP contribution in [0.3, 0.4) is 0 Å². The van der Waals surface area contributed by atoms with Crippen molar-refractivity contribution in [3.63, 3.8) is 0 Å². The van der Waals surface area contributed by atoms with Gasteiger partial charge in [0.25, 0.3) is 0 Å². The Morgan fingerprint density at radius 2 is 2.20 bits per heavy atom. The molecule has 2 aromatic rings. The monoisotopic (exact) mass is 386 g/mol. The predicted molar refractivity (Wildman–Crippen MR) is 97.1 cm³/mol. The van der Waals surface area contributed by atoms with Crippen LogP contribution in [0.5, 0.6) is 0 Å². The maximum absolute atomic E-state index is 13.2. The van der Waals surface area contributed by atoms with E-state index < -0.39 is 10.0 Å². The van der Waals surface area contributed by atoms with Crippen LogP contribution in [-0.2, 0) is 28.4 Å². The third kappa shape index (κ3) is 4.04. The van der Waals surface area contributed by atoms with E-state index in [1.807, 2.05) is 23.9 Å². The fraction of sp³-hybridized carbons (Fsp3) is 0.438. The molecular weight excluding hydrogens is 364 g/mol. The second kappa shape index (κ2) is 8.29. The first kappa shape index (κ1) is 19.9. The van der Waals surface area contributed by atoms with Gasteiger partial charge < -0.3 is 14.6 Å². The number of aryl methyl sites for hydroxylation is 1. The number of benzene rings is 1. The molecule has 25 heavy (non-hydrogen) atoms. The molecule has 1 saturated heterocycles. The fourth-order valence-electron chi connectivity index (χ4n) is 2.99. The quantitative estimate of drug-likeness (QED) is 0.838. The highest BCUT2D eigenvalue weighted by Gasteiger charge is 2.36. The van der Waals surface area contributed by atoms with Crippen molar-refractivity contribution >= 4 is 22.4 Å². The first-order chi connectivity index (χ1) is 11.5. The SMILES string of the molecule is COCc1cccc(S(=O)(=O)N2CCNCC2c2nccn2C)c1.Cl. The van der Waals surface area contributed by atoms with E-state index in [-0.39, 0.29) is 23.3 Å². The minimum atomic E-state index is -3.61. The maximum Gasteiger partial charge on any atom is 0.243 e. The average Bonchev–Trinajstić information content (AvgIpc) is 3.01. The zero-order valence-corrected chi connectivity index (χ0v) is 15.9. The second-order valence-corrected chi connectivity index (χ2v) is 7.70. The summed E-state index contributed by atoms with van der Waals surface area (Å²) in [6, 6.07) is 6.59. The van der Waals surface area contributed by atoms with Crippen LogP contribution in [0.4, 0.5) is 0 Å². The van der Waals surface area contributed by atoms with Crippen LogP contribution >= 0.6 is 12.4 Å². The molecule has 1 unspecified atom stereocenters. The van der Waals surface area contributed by atoms with Crippen molar-refractivity contribution in [3.8, 4) is 0 Å². The highest BCUT2D eigenvalue weighted by molar-refractivity contribution is 7.89. The molecule has 0 radical (unpaired) electrons. The van der Waals surface area contributed by atoms with Crippen molar-refractivity contribution in [1.29, 1.82) is 0 Å². The summed E-state index contributed by atoms with van der Waals surface area (Å²) in [4.78, 5) is 4.63. The molecule has 0 bridgehead atoms. The Morgan fingerprint density at radius 3 is 2.88 bits per heavy atom. The van der Waals surface area contributed by atoms with E-state index in [1.54, 1.807) is 31.5 Å². The lowest BCUT2D eigenvalue weighted by molar-refractivity contribution is 0.184. The average molecular weight is 387 g/mol. The topological polar surface area (TPSA) is 76.5 Å². The Hall–Kier alpha value is -1.45. The van der Waals surface area contributed by atoms with Gasteiger partial charge in [0, 0.05) is 46.2 Å². The Labute approximate surface area is 154 Å². The molecule has 1 fully saturated rings. The molecule has 0 spiro atoms. The molecule has 7 nitrogen and oxygen atoms in total. The number of halogens is 1. The minimum absolute atomic E-state index is 0. The molecule has 1 atom stereocenters. The summed E-state index contributed by atoms with van der Waals surface area (Å²) >= 11 is 0. The number of rotatable bonds is 5. The molecule has 0 aliphatic carbocycles. The summed E-state index contributed by atoms with van der Waals surface area (Å²) < 4.78 is 34.9. The summed E-state index contributed by atoms with van der Waals surface area (Å²) in [5.41, 5.74) is 0.835. The number of methoxy groups -OCH3 is 1. The van der Waals surface area contributed by atoms with E-state index in [2.05, 4.69) is 10.3 Å². The standard InChI is InChI=1S/C16H22N4O3S.ClH/c1-19-8-7-18-16(19)15-11-17-6-9-20(15)24(21,22)14-5-3-4-13(10-14)12-23-2;/h3-5,7-8,10,15,17H,6,9,11-12H2,1-2H3;1H. The van der Waals surface area contributed by atoms with E-state index in [9.17, 15) is 8.42 Å². The summed E-state index contributed by atoms with van der Waals surface area (Å²) in [6.45, 7) is 1.96. The molecule has 1 aromatic carbocycles. The molecule has 3 rings (SSSR count). The predicted octanol–water partition coefficient (Wildman–Crippen LogP) is 1.32. The van der Waals surface area contributed by atoms with E-state index >= 15 is 0 Å². The molecule has 1 aliphatic rings. The third-order valence-corrected chi connectivity index (χ3v) is 6.07. The van der Waals surface area contributed by atoms with Crippen LogP contribution in [0.25, 0.3) is 0 Å². The van der Waals surface area contributed by atoms with Crippen molar-refractivity contribution in [2.24, 2.45) is 7.05 Å². The van der Waals surface area contributed by atoms with Crippen molar-refractivity contribution in [2.75, 3.05) is 26.7 Å². The number of piperazine rings is 1. The number of aromatic nitrogens is 2. The largest absolute Gasteiger partial charge is 0.380 e. The second-order valence-electron chi connectivity index (χ2n) is 5.81. The molecule has 1 aromatic heterocycles. The van der Waals surface area contributed by atoms with Crippen molar-refractivity contribution in [1.82, 2.24) is 19.2 Å². The number of hydrogen-bond donors (Lipinski definition) is 1. The molecule has 1 aliphatic heterocycles. The maximum atomic E-state index is 13.2. The lowest BCUT2D eigenvalue weighted by Gasteiger charge is -2.34. The summed E-state index contributed by atoms with van der Waals surface area (Å²) in [5, 5.41) is 3.26. The number of hydrogen-bond acceptors (Lipinski definition) is 5. The molecule has 1 N–H and O–H groups in total. The fourth-order valence-corrected chi connectivity index (χ4v) is 4.65. The first-order valence-electron chi connectivity index (χ1n) is 7.81. The number of ether oxygens (including phenoxy) is 1. The third-order valence-electron chi connectivity index (χ3n) is 4.17. The summed E-state index contributed by atoms with van der Waals surface area (Å²) in [7, 11) is -0.143. The minimum Gasteiger partial charge on any atom is -0.380 e. The van der Waals surface area contributed by atoms with Gasteiger partial charge in [0.05, 0.1) is 17.5 Å². The molecule has 0 saturated carbocycles. The van der Waals surface area contributed by atoms with Crippen LogP contribution < -0.4 is 5.32 Å². The van der Waals surface area contributed by atoms with Gasteiger partial charge in [-0.1, -0.05) is 12.1 Å². The van der Waals surface area contributed by atoms with Crippen molar-refractivity contribution in [2.45, 2.75) is 17.5 Å². The molecular formula is C16H23ClN4O3S. The molecule has 9 heteroatoms. The van der Waals surface area contributed by atoms with Gasteiger partial charge in [-0.05, 0) is 17.7 Å². The van der Waals surface area contributed by atoms with E-state index in [0.717, 1.165) is 11.4 Å². The lowest BCUT2D eigenvalue weighted by Crippen LogP contribution is -2.49. The van der Waals surface area contributed by atoms with Gasteiger partial charge in [-0.15, -0.1) is 12.4 Å². The van der Waals surface area contributed by atoms with Gasteiger partial charge in [-0.25, -0.2) is 13.4 Å².